The lowest BCUT2D eigenvalue weighted by Gasteiger charge is -2.14. The van der Waals surface area contributed by atoms with E-state index < -0.39 is 12.1 Å². The highest BCUT2D eigenvalue weighted by Crippen LogP contribution is 2.29. The molecule has 0 radical (unpaired) electrons. The molecule has 0 aromatic heterocycles. The number of para-hydroxylation sites is 1. The Kier molecular flexibility index (Phi) is 6.20. The van der Waals surface area contributed by atoms with E-state index in [1.165, 1.54) is 0 Å². The van der Waals surface area contributed by atoms with E-state index in [2.05, 4.69) is 0 Å². The lowest BCUT2D eigenvalue weighted by atomic mass is 9.99. The average molecular weight is 364 g/mol. The predicted octanol–water partition coefficient (Wildman–Crippen LogP) is 3.30. The zero-order valence-corrected chi connectivity index (χ0v) is 14.6. The molecule has 0 bridgehead atoms. The monoisotopic (exact) mass is 364 g/mol. The average Bonchev–Trinajstić information content (AvgIpc) is 2.73. The highest BCUT2D eigenvalue weighted by atomic mass is 16.5. The van der Waals surface area contributed by atoms with Crippen molar-refractivity contribution in [2.24, 2.45) is 0 Å². The Hall–Kier alpha value is -3.15. The van der Waals surface area contributed by atoms with Gasteiger partial charge in [-0.05, 0) is 41.5 Å². The van der Waals surface area contributed by atoms with E-state index in [1.807, 2.05) is 36.4 Å². The van der Waals surface area contributed by atoms with Gasteiger partial charge in [0.2, 0.25) is 0 Å². The highest BCUT2D eigenvalue weighted by molar-refractivity contribution is 5.98. The van der Waals surface area contributed by atoms with Gasteiger partial charge in [0.1, 0.15) is 24.2 Å². The summed E-state index contributed by atoms with van der Waals surface area (Å²) in [6, 6.07) is 23.3. The predicted molar refractivity (Wildman–Crippen MR) is 102 cm³/mol. The SMILES string of the molecule is O=C(Oc1ccccc1)c1ccc(OCC(O)CO)cc1-c1ccccc1. The normalized spacial score (nSPS) is 11.6. The van der Waals surface area contributed by atoms with Crippen LogP contribution in [0.5, 0.6) is 11.5 Å². The van der Waals surface area contributed by atoms with Crippen molar-refractivity contribution in [2.75, 3.05) is 13.2 Å². The molecule has 0 amide bonds. The topological polar surface area (TPSA) is 76.0 Å². The van der Waals surface area contributed by atoms with Gasteiger partial charge in [-0.1, -0.05) is 48.5 Å². The number of rotatable bonds is 7. The fraction of sp³-hybridized carbons (Fsp3) is 0.136. The van der Waals surface area contributed by atoms with Crippen molar-refractivity contribution in [1.29, 1.82) is 0 Å². The van der Waals surface area contributed by atoms with E-state index in [0.717, 1.165) is 5.56 Å². The third-order valence-electron chi connectivity index (χ3n) is 3.90. The van der Waals surface area contributed by atoms with Crippen LogP contribution in [0.25, 0.3) is 11.1 Å². The number of benzene rings is 3. The van der Waals surface area contributed by atoms with Gasteiger partial charge in [0, 0.05) is 0 Å². The maximum atomic E-state index is 12.7. The summed E-state index contributed by atoms with van der Waals surface area (Å²) in [6.45, 7) is -0.425. The molecule has 1 atom stereocenters. The first kappa shape index (κ1) is 18.6. The fourth-order valence-electron chi connectivity index (χ4n) is 2.54. The van der Waals surface area contributed by atoms with Gasteiger partial charge >= 0.3 is 5.97 Å². The van der Waals surface area contributed by atoms with Gasteiger partial charge in [-0.15, -0.1) is 0 Å². The fourth-order valence-corrected chi connectivity index (χ4v) is 2.54. The van der Waals surface area contributed by atoms with Crippen LogP contribution in [0.15, 0.2) is 78.9 Å². The van der Waals surface area contributed by atoms with Gasteiger partial charge in [0.15, 0.2) is 0 Å². The minimum Gasteiger partial charge on any atom is -0.491 e. The summed E-state index contributed by atoms with van der Waals surface area (Å²) in [5.41, 5.74) is 1.90. The second-order valence-corrected chi connectivity index (χ2v) is 5.92. The van der Waals surface area contributed by atoms with E-state index >= 15 is 0 Å². The molecular formula is C22H20O5. The van der Waals surface area contributed by atoms with E-state index in [1.54, 1.807) is 42.5 Å². The molecule has 138 valence electrons. The van der Waals surface area contributed by atoms with Crippen LogP contribution < -0.4 is 9.47 Å². The summed E-state index contributed by atoms with van der Waals surface area (Å²) in [5.74, 6) is 0.479. The third-order valence-corrected chi connectivity index (χ3v) is 3.90. The van der Waals surface area contributed by atoms with E-state index in [0.29, 0.717) is 22.6 Å². The molecule has 0 aliphatic rings. The van der Waals surface area contributed by atoms with Crippen LogP contribution in [-0.2, 0) is 0 Å². The van der Waals surface area contributed by atoms with Crippen LogP contribution in [-0.4, -0.2) is 35.5 Å². The molecule has 3 aromatic rings. The van der Waals surface area contributed by atoms with Gasteiger partial charge in [0.05, 0.1) is 12.2 Å². The van der Waals surface area contributed by atoms with E-state index in [-0.39, 0.29) is 13.2 Å². The molecule has 0 saturated carbocycles. The van der Waals surface area contributed by atoms with Crippen LogP contribution >= 0.6 is 0 Å². The zero-order chi connectivity index (χ0) is 19.1. The smallest absolute Gasteiger partial charge is 0.344 e. The summed E-state index contributed by atoms with van der Waals surface area (Å²) in [4.78, 5) is 12.7. The number of carbonyl (C=O) groups excluding carboxylic acids is 1. The molecule has 27 heavy (non-hydrogen) atoms. The summed E-state index contributed by atoms with van der Waals surface area (Å²) in [7, 11) is 0. The van der Waals surface area contributed by atoms with Crippen molar-refractivity contribution < 1.29 is 24.5 Å². The summed E-state index contributed by atoms with van der Waals surface area (Å²) >= 11 is 0. The molecule has 0 spiro atoms. The second-order valence-electron chi connectivity index (χ2n) is 5.92. The van der Waals surface area contributed by atoms with E-state index in [4.69, 9.17) is 14.6 Å². The van der Waals surface area contributed by atoms with Gasteiger partial charge in [-0.25, -0.2) is 4.79 Å². The number of ether oxygens (including phenoxy) is 2. The van der Waals surface area contributed by atoms with Crippen LogP contribution in [0.4, 0.5) is 0 Å². The maximum Gasteiger partial charge on any atom is 0.344 e. The van der Waals surface area contributed by atoms with Gasteiger partial charge in [-0.3, -0.25) is 0 Å². The Morgan fingerprint density at radius 1 is 0.889 bits per heavy atom. The minimum atomic E-state index is -0.965. The zero-order valence-electron chi connectivity index (χ0n) is 14.6. The largest absolute Gasteiger partial charge is 0.491 e. The molecule has 1 unspecified atom stereocenters. The van der Waals surface area contributed by atoms with Crippen molar-refractivity contribution in [3.63, 3.8) is 0 Å². The van der Waals surface area contributed by atoms with Crippen molar-refractivity contribution >= 4 is 5.97 Å². The summed E-state index contributed by atoms with van der Waals surface area (Å²) in [5, 5.41) is 18.4. The molecule has 0 aliphatic heterocycles. The minimum absolute atomic E-state index is 0.0431. The molecule has 3 rings (SSSR count). The van der Waals surface area contributed by atoms with Gasteiger partial charge in [-0.2, -0.15) is 0 Å². The highest BCUT2D eigenvalue weighted by Gasteiger charge is 2.16. The first-order valence-electron chi connectivity index (χ1n) is 8.56. The molecule has 0 aliphatic carbocycles. The number of hydrogen-bond acceptors (Lipinski definition) is 5. The third kappa shape index (κ3) is 4.94. The number of hydrogen-bond donors (Lipinski definition) is 2. The van der Waals surface area contributed by atoms with Crippen molar-refractivity contribution in [3.05, 3.63) is 84.4 Å². The number of carbonyl (C=O) groups is 1. The first-order chi connectivity index (χ1) is 13.2. The Morgan fingerprint density at radius 3 is 2.22 bits per heavy atom. The molecule has 0 fully saturated rings. The Labute approximate surface area is 157 Å². The van der Waals surface area contributed by atoms with Gasteiger partial charge < -0.3 is 19.7 Å². The first-order valence-corrected chi connectivity index (χ1v) is 8.56. The van der Waals surface area contributed by atoms with Crippen LogP contribution in [0.1, 0.15) is 10.4 Å². The molecular weight excluding hydrogens is 344 g/mol. The van der Waals surface area contributed by atoms with Gasteiger partial charge in [0.25, 0.3) is 0 Å². The van der Waals surface area contributed by atoms with Crippen molar-refractivity contribution in [2.45, 2.75) is 6.10 Å². The Balaban J connectivity index is 1.91. The molecule has 3 aromatic carbocycles. The molecule has 2 N–H and O–H groups in total. The number of aliphatic hydroxyl groups excluding tert-OH is 2. The molecule has 5 heteroatoms. The number of aliphatic hydroxyl groups is 2. The Bertz CT molecular complexity index is 878. The van der Waals surface area contributed by atoms with Crippen LogP contribution in [0.2, 0.25) is 0 Å². The van der Waals surface area contributed by atoms with Crippen molar-refractivity contribution in [3.8, 4) is 22.6 Å². The molecule has 0 saturated heterocycles. The van der Waals surface area contributed by atoms with Crippen LogP contribution in [0.3, 0.4) is 0 Å². The lowest BCUT2D eigenvalue weighted by Crippen LogP contribution is -2.21. The quantitative estimate of drug-likeness (QED) is 0.497. The molecule has 5 nitrogen and oxygen atoms in total. The van der Waals surface area contributed by atoms with Crippen LogP contribution in [0, 0.1) is 0 Å². The van der Waals surface area contributed by atoms with Crippen molar-refractivity contribution in [1.82, 2.24) is 0 Å². The summed E-state index contributed by atoms with van der Waals surface area (Å²) in [6.07, 6.45) is -0.965. The standard InChI is InChI=1S/C22H20O5/c23-14-17(24)15-26-19-11-12-20(21(13-19)16-7-3-1-4-8-16)22(25)27-18-9-5-2-6-10-18/h1-13,17,23-24H,14-15H2. The number of esters is 1. The van der Waals surface area contributed by atoms with E-state index in [9.17, 15) is 9.90 Å². The maximum absolute atomic E-state index is 12.7. The second kappa shape index (κ2) is 8.98. The lowest BCUT2D eigenvalue weighted by molar-refractivity contribution is 0.0536. The Morgan fingerprint density at radius 2 is 1.56 bits per heavy atom. The molecule has 0 heterocycles. The summed E-state index contributed by atoms with van der Waals surface area (Å²) < 4.78 is 11.0.